The summed E-state index contributed by atoms with van der Waals surface area (Å²) in [6, 6.07) is 0.497. The summed E-state index contributed by atoms with van der Waals surface area (Å²) in [6.45, 7) is 10.1. The molecule has 1 aliphatic heterocycles. The van der Waals surface area contributed by atoms with Crippen LogP contribution in [0.3, 0.4) is 0 Å². The van der Waals surface area contributed by atoms with Crippen LogP contribution in [0, 0.1) is 5.92 Å². The number of allylic oxidation sites excluding steroid dienone is 3. The van der Waals surface area contributed by atoms with Crippen molar-refractivity contribution in [2.24, 2.45) is 11.7 Å². The van der Waals surface area contributed by atoms with Crippen molar-refractivity contribution in [2.75, 3.05) is 20.1 Å². The van der Waals surface area contributed by atoms with Gasteiger partial charge in [0.1, 0.15) is 0 Å². The first kappa shape index (κ1) is 15.2. The molecule has 1 fully saturated rings. The lowest BCUT2D eigenvalue weighted by molar-refractivity contribution is 0.220. The summed E-state index contributed by atoms with van der Waals surface area (Å²) in [4.78, 5) is 2.46. The zero-order chi connectivity index (χ0) is 13.5. The van der Waals surface area contributed by atoms with E-state index < -0.39 is 0 Å². The summed E-state index contributed by atoms with van der Waals surface area (Å²) in [5.41, 5.74) is 8.77. The van der Waals surface area contributed by atoms with Crippen molar-refractivity contribution < 1.29 is 0 Å². The van der Waals surface area contributed by atoms with Crippen LogP contribution >= 0.6 is 0 Å². The fourth-order valence-corrected chi connectivity index (χ4v) is 2.76. The molecule has 0 amide bonds. The van der Waals surface area contributed by atoms with E-state index in [4.69, 9.17) is 5.73 Å². The normalized spacial score (nSPS) is 27.7. The van der Waals surface area contributed by atoms with Crippen LogP contribution in [0.1, 0.15) is 33.1 Å². The SMILES string of the molecule is C=C/C=C1\C(=C/C)CCN(C)C1CC(CC)CN. The molecule has 0 bridgehead atoms. The van der Waals surface area contributed by atoms with E-state index in [0.717, 1.165) is 32.4 Å². The quantitative estimate of drug-likeness (QED) is 0.810. The van der Waals surface area contributed by atoms with E-state index in [1.165, 1.54) is 11.1 Å². The Labute approximate surface area is 112 Å². The maximum atomic E-state index is 5.86. The highest BCUT2D eigenvalue weighted by atomic mass is 15.1. The highest BCUT2D eigenvalue weighted by Gasteiger charge is 2.27. The third-order valence-electron chi connectivity index (χ3n) is 4.11. The standard InChI is InChI=1S/C16H28N2/c1-5-8-15-14(7-3)9-10-18(4)16(15)11-13(6-2)12-17/h5,7-8,13,16H,1,6,9-12,17H2,2-4H3/b14-7-,15-8+. The van der Waals surface area contributed by atoms with Crippen LogP contribution in [0.5, 0.6) is 0 Å². The Morgan fingerprint density at radius 2 is 2.28 bits per heavy atom. The molecule has 0 aromatic heterocycles. The second kappa shape index (κ2) is 7.55. The van der Waals surface area contributed by atoms with Gasteiger partial charge in [-0.2, -0.15) is 0 Å². The molecule has 2 nitrogen and oxygen atoms in total. The fraction of sp³-hybridized carbons (Fsp3) is 0.625. The highest BCUT2D eigenvalue weighted by molar-refractivity contribution is 5.39. The maximum Gasteiger partial charge on any atom is 0.0350 e. The molecule has 18 heavy (non-hydrogen) atoms. The van der Waals surface area contributed by atoms with Gasteiger partial charge in [0.25, 0.3) is 0 Å². The molecule has 1 heterocycles. The van der Waals surface area contributed by atoms with Crippen molar-refractivity contribution in [2.45, 2.75) is 39.2 Å². The first-order valence-corrected chi connectivity index (χ1v) is 7.06. The molecule has 1 saturated heterocycles. The average molecular weight is 248 g/mol. The van der Waals surface area contributed by atoms with Gasteiger partial charge in [0.15, 0.2) is 0 Å². The number of hydrogen-bond donors (Lipinski definition) is 1. The zero-order valence-corrected chi connectivity index (χ0v) is 12.2. The van der Waals surface area contributed by atoms with E-state index in [9.17, 15) is 0 Å². The average Bonchev–Trinajstić information content (AvgIpc) is 2.39. The number of rotatable bonds is 5. The van der Waals surface area contributed by atoms with Crippen LogP contribution in [0.15, 0.2) is 36.0 Å². The minimum absolute atomic E-state index is 0.497. The Morgan fingerprint density at radius 1 is 1.56 bits per heavy atom. The van der Waals surface area contributed by atoms with E-state index in [-0.39, 0.29) is 0 Å². The van der Waals surface area contributed by atoms with Gasteiger partial charge in [-0.05, 0) is 50.4 Å². The van der Waals surface area contributed by atoms with Gasteiger partial charge in [-0.3, -0.25) is 4.90 Å². The smallest absolute Gasteiger partial charge is 0.0350 e. The summed E-state index contributed by atoms with van der Waals surface area (Å²) >= 11 is 0. The van der Waals surface area contributed by atoms with Gasteiger partial charge in [-0.1, -0.05) is 38.2 Å². The molecule has 2 heteroatoms. The first-order chi connectivity index (χ1) is 8.67. The third kappa shape index (κ3) is 3.56. The molecule has 1 aliphatic rings. The van der Waals surface area contributed by atoms with Gasteiger partial charge < -0.3 is 5.73 Å². The second-order valence-corrected chi connectivity index (χ2v) is 5.16. The molecule has 2 atom stereocenters. The van der Waals surface area contributed by atoms with Crippen molar-refractivity contribution >= 4 is 0 Å². The molecule has 1 rings (SSSR count). The third-order valence-corrected chi connectivity index (χ3v) is 4.11. The van der Waals surface area contributed by atoms with Crippen molar-refractivity contribution in [3.05, 3.63) is 36.0 Å². The summed E-state index contributed by atoms with van der Waals surface area (Å²) in [6.07, 6.45) is 9.79. The molecule has 2 unspecified atom stereocenters. The summed E-state index contributed by atoms with van der Waals surface area (Å²) in [7, 11) is 2.22. The second-order valence-electron chi connectivity index (χ2n) is 5.16. The zero-order valence-electron chi connectivity index (χ0n) is 12.2. The van der Waals surface area contributed by atoms with E-state index in [1.807, 2.05) is 6.08 Å². The summed E-state index contributed by atoms with van der Waals surface area (Å²) in [5, 5.41) is 0. The minimum Gasteiger partial charge on any atom is -0.330 e. The first-order valence-electron chi connectivity index (χ1n) is 7.06. The van der Waals surface area contributed by atoms with E-state index in [2.05, 4.69) is 44.5 Å². The van der Waals surface area contributed by atoms with Gasteiger partial charge in [-0.25, -0.2) is 0 Å². The number of hydrogen-bond acceptors (Lipinski definition) is 2. The predicted octanol–water partition coefficient (Wildman–Crippen LogP) is 3.12. The summed E-state index contributed by atoms with van der Waals surface area (Å²) < 4.78 is 0. The molecular weight excluding hydrogens is 220 g/mol. The largest absolute Gasteiger partial charge is 0.330 e. The van der Waals surface area contributed by atoms with Crippen LogP contribution in [-0.2, 0) is 0 Å². The highest BCUT2D eigenvalue weighted by Crippen LogP contribution is 2.31. The molecule has 0 saturated carbocycles. The molecule has 2 N–H and O–H groups in total. The van der Waals surface area contributed by atoms with Gasteiger partial charge in [0.05, 0.1) is 0 Å². The number of nitrogens with zero attached hydrogens (tertiary/aromatic N) is 1. The number of likely N-dealkylation sites (N-methyl/N-ethyl adjacent to an activating group) is 1. The van der Waals surface area contributed by atoms with Crippen LogP contribution in [0.4, 0.5) is 0 Å². The maximum absolute atomic E-state index is 5.86. The Kier molecular flexibility index (Phi) is 6.37. The Balaban J connectivity index is 2.94. The molecular formula is C16H28N2. The fourth-order valence-electron chi connectivity index (χ4n) is 2.76. The molecule has 102 valence electrons. The summed E-state index contributed by atoms with van der Waals surface area (Å²) in [5.74, 6) is 0.613. The van der Waals surface area contributed by atoms with E-state index in [1.54, 1.807) is 0 Å². The Morgan fingerprint density at radius 3 is 2.78 bits per heavy atom. The predicted molar refractivity (Wildman–Crippen MR) is 80.5 cm³/mol. The Hall–Kier alpha value is -0.860. The van der Waals surface area contributed by atoms with Crippen molar-refractivity contribution in [1.82, 2.24) is 4.90 Å². The lowest BCUT2D eigenvalue weighted by atomic mass is 9.84. The van der Waals surface area contributed by atoms with Gasteiger partial charge in [0.2, 0.25) is 0 Å². The van der Waals surface area contributed by atoms with Crippen LogP contribution < -0.4 is 5.73 Å². The van der Waals surface area contributed by atoms with Crippen LogP contribution in [0.25, 0.3) is 0 Å². The lowest BCUT2D eigenvalue weighted by Crippen LogP contribution is -2.41. The minimum atomic E-state index is 0.497. The Bertz CT molecular complexity index is 324. The molecule has 0 aromatic rings. The molecule has 0 radical (unpaired) electrons. The number of nitrogens with two attached hydrogens (primary N) is 1. The molecule has 0 aliphatic carbocycles. The number of likely N-dealkylation sites (tertiary alicyclic amines) is 1. The van der Waals surface area contributed by atoms with Crippen molar-refractivity contribution in [3.8, 4) is 0 Å². The topological polar surface area (TPSA) is 29.3 Å². The van der Waals surface area contributed by atoms with Gasteiger partial charge >= 0.3 is 0 Å². The lowest BCUT2D eigenvalue weighted by Gasteiger charge is -2.38. The van der Waals surface area contributed by atoms with Gasteiger partial charge in [-0.15, -0.1) is 0 Å². The molecule has 0 spiro atoms. The van der Waals surface area contributed by atoms with E-state index in [0.29, 0.717) is 12.0 Å². The van der Waals surface area contributed by atoms with Crippen LogP contribution in [0.2, 0.25) is 0 Å². The monoisotopic (exact) mass is 248 g/mol. The van der Waals surface area contributed by atoms with Crippen molar-refractivity contribution in [3.63, 3.8) is 0 Å². The van der Waals surface area contributed by atoms with E-state index >= 15 is 0 Å². The van der Waals surface area contributed by atoms with Gasteiger partial charge in [0, 0.05) is 12.6 Å². The number of piperidine rings is 1. The van der Waals surface area contributed by atoms with Crippen molar-refractivity contribution in [1.29, 1.82) is 0 Å². The molecule has 0 aromatic carbocycles. The van der Waals surface area contributed by atoms with Crippen LogP contribution in [-0.4, -0.2) is 31.1 Å².